The van der Waals surface area contributed by atoms with Crippen LogP contribution in [0.3, 0.4) is 0 Å². The molecule has 0 aromatic heterocycles. The first kappa shape index (κ1) is 5.67. The molecular formula is C12H16. The summed E-state index contributed by atoms with van der Waals surface area (Å²) < 4.78 is 0. The zero-order chi connectivity index (χ0) is 7.45. The second-order valence-electron chi connectivity index (χ2n) is 6.12. The molecule has 0 spiro atoms. The molecule has 5 aliphatic carbocycles. The van der Waals surface area contributed by atoms with Crippen LogP contribution in [0.2, 0.25) is 0 Å². The van der Waals surface area contributed by atoms with Gasteiger partial charge in [-0.1, -0.05) is 0 Å². The van der Waals surface area contributed by atoms with E-state index in [2.05, 4.69) is 0 Å². The van der Waals surface area contributed by atoms with Gasteiger partial charge in [-0.25, -0.2) is 0 Å². The summed E-state index contributed by atoms with van der Waals surface area (Å²) in [5.74, 6) is 10.2. The second-order valence-corrected chi connectivity index (χ2v) is 6.12. The Morgan fingerprint density at radius 1 is 0.417 bits per heavy atom. The van der Waals surface area contributed by atoms with E-state index < -0.39 is 0 Å². The molecule has 0 amide bonds. The number of fused-ring (bicyclic) bond motifs is 10. The van der Waals surface area contributed by atoms with E-state index in [-0.39, 0.29) is 0 Å². The van der Waals surface area contributed by atoms with Gasteiger partial charge in [0.1, 0.15) is 0 Å². The first-order valence-electron chi connectivity index (χ1n) is 5.97. The molecule has 5 rings (SSSR count). The van der Waals surface area contributed by atoms with Crippen LogP contribution < -0.4 is 0 Å². The minimum Gasteiger partial charge on any atom is -0.0496 e. The first-order chi connectivity index (χ1) is 5.97. The Morgan fingerprint density at radius 3 is 0.833 bits per heavy atom. The highest BCUT2D eigenvalue weighted by Gasteiger charge is 2.77. The van der Waals surface area contributed by atoms with E-state index in [9.17, 15) is 0 Å². The zero-order valence-electron chi connectivity index (χ0n) is 7.45. The lowest BCUT2D eigenvalue weighted by atomic mass is 9.21. The van der Waals surface area contributed by atoms with Gasteiger partial charge in [0.2, 0.25) is 0 Å². The summed E-state index contributed by atoms with van der Waals surface area (Å²) >= 11 is 0. The molecule has 4 unspecified atom stereocenters. The molecule has 8 atom stereocenters. The predicted octanol–water partition coefficient (Wildman–Crippen LogP) is 2.54. The molecule has 64 valence electrons. The molecule has 5 aliphatic rings. The third-order valence-electron chi connectivity index (χ3n) is 6.52. The normalized spacial score (nSPS) is 80.0. The van der Waals surface area contributed by atoms with Crippen LogP contribution in [0.5, 0.6) is 0 Å². The Morgan fingerprint density at radius 2 is 0.667 bits per heavy atom. The highest BCUT2D eigenvalue weighted by atomic mass is 14.8. The highest BCUT2D eigenvalue weighted by molar-refractivity contribution is 5.25. The maximum Gasteiger partial charge on any atom is -0.0315 e. The third-order valence-corrected chi connectivity index (χ3v) is 6.52. The highest BCUT2D eigenvalue weighted by Crippen LogP contribution is 2.83. The van der Waals surface area contributed by atoms with Crippen LogP contribution in [-0.4, -0.2) is 0 Å². The van der Waals surface area contributed by atoms with Gasteiger partial charge < -0.3 is 0 Å². The smallest absolute Gasteiger partial charge is 0.0315 e. The van der Waals surface area contributed by atoms with E-state index in [4.69, 9.17) is 0 Å². The summed E-state index contributed by atoms with van der Waals surface area (Å²) in [6, 6.07) is 0. The van der Waals surface area contributed by atoms with E-state index in [1.807, 2.05) is 0 Å². The Labute approximate surface area is 73.7 Å². The summed E-state index contributed by atoms with van der Waals surface area (Å²) in [7, 11) is 0. The molecule has 0 heterocycles. The fourth-order valence-electron chi connectivity index (χ4n) is 5.89. The summed E-state index contributed by atoms with van der Waals surface area (Å²) in [5, 5.41) is 0. The van der Waals surface area contributed by atoms with E-state index in [0.717, 1.165) is 0 Å². The summed E-state index contributed by atoms with van der Waals surface area (Å²) in [6.07, 6.45) is 6.47. The van der Waals surface area contributed by atoms with Gasteiger partial charge in [-0.2, -0.15) is 0 Å². The van der Waals surface area contributed by atoms with Crippen LogP contribution in [0, 0.1) is 47.3 Å². The van der Waals surface area contributed by atoms with Crippen LogP contribution >= 0.6 is 0 Å². The molecule has 0 radical (unpaired) electrons. The zero-order valence-corrected chi connectivity index (χ0v) is 7.45. The molecule has 0 saturated heterocycles. The molecule has 5 saturated carbocycles. The van der Waals surface area contributed by atoms with E-state index in [0.29, 0.717) is 0 Å². The molecule has 0 heteroatoms. The fourth-order valence-corrected chi connectivity index (χ4v) is 5.89. The van der Waals surface area contributed by atoms with Crippen molar-refractivity contribution in [3.05, 3.63) is 0 Å². The van der Waals surface area contributed by atoms with Crippen LogP contribution in [0.15, 0.2) is 0 Å². The Hall–Kier alpha value is 0. The molecule has 0 aromatic carbocycles. The average molecular weight is 160 g/mol. The lowest BCUT2D eigenvalue weighted by Crippen LogP contribution is -2.79. The number of hydrogen-bond acceptors (Lipinski definition) is 0. The minimum atomic E-state index is 1.26. The van der Waals surface area contributed by atoms with Crippen molar-refractivity contribution in [2.45, 2.75) is 25.7 Å². The molecule has 0 bridgehead atoms. The van der Waals surface area contributed by atoms with Crippen molar-refractivity contribution >= 4 is 0 Å². The van der Waals surface area contributed by atoms with Gasteiger partial charge in [0.05, 0.1) is 0 Å². The first-order valence-corrected chi connectivity index (χ1v) is 5.97. The van der Waals surface area contributed by atoms with Gasteiger partial charge in [-0.15, -0.1) is 0 Å². The van der Waals surface area contributed by atoms with Crippen molar-refractivity contribution in [2.24, 2.45) is 47.3 Å². The van der Waals surface area contributed by atoms with Crippen molar-refractivity contribution < 1.29 is 0 Å². The predicted molar refractivity (Wildman–Crippen MR) is 46.4 cm³/mol. The Kier molecular flexibility index (Phi) is 0.663. The van der Waals surface area contributed by atoms with Gasteiger partial charge in [-0.05, 0) is 73.0 Å². The lowest BCUT2D eigenvalue weighted by molar-refractivity contribution is -0.360. The van der Waals surface area contributed by atoms with Crippen LogP contribution in [0.4, 0.5) is 0 Å². The van der Waals surface area contributed by atoms with Gasteiger partial charge in [-0.3, -0.25) is 0 Å². The van der Waals surface area contributed by atoms with Crippen molar-refractivity contribution in [3.63, 3.8) is 0 Å². The second kappa shape index (κ2) is 1.40. The van der Waals surface area contributed by atoms with Crippen molar-refractivity contribution in [3.8, 4) is 0 Å². The van der Waals surface area contributed by atoms with Crippen LogP contribution in [0.25, 0.3) is 0 Å². The quantitative estimate of drug-likeness (QED) is 0.478. The van der Waals surface area contributed by atoms with E-state index >= 15 is 0 Å². The largest absolute Gasteiger partial charge is 0.0496 e. The van der Waals surface area contributed by atoms with Crippen LogP contribution in [0.1, 0.15) is 25.7 Å². The summed E-state index contributed by atoms with van der Waals surface area (Å²) in [4.78, 5) is 0. The minimum absolute atomic E-state index is 1.26. The van der Waals surface area contributed by atoms with Gasteiger partial charge >= 0.3 is 0 Å². The molecule has 0 nitrogen and oxygen atoms in total. The monoisotopic (exact) mass is 160 g/mol. The summed E-state index contributed by atoms with van der Waals surface area (Å²) in [6.45, 7) is 0. The van der Waals surface area contributed by atoms with Crippen molar-refractivity contribution in [2.75, 3.05) is 0 Å². The number of hydrogen-bond donors (Lipinski definition) is 0. The van der Waals surface area contributed by atoms with Gasteiger partial charge in [0.15, 0.2) is 0 Å². The van der Waals surface area contributed by atoms with Crippen LogP contribution in [-0.2, 0) is 0 Å². The number of rotatable bonds is 0. The van der Waals surface area contributed by atoms with E-state index in [1.165, 1.54) is 47.3 Å². The molecule has 0 N–H and O–H groups in total. The standard InChI is InChI=1S/C12H16/c1-2-6-5(1)9-10(6)12-8-4-3-7(8)11(9)12/h5-12H,1-4H2/t5-,6+,7-,8+,9?,10?,11?,12?. The maximum atomic E-state index is 1.62. The SMILES string of the molecule is C1C[C@H]2C3C(C4C3[C@@H]3CC[C@H]43)[C@@H]12. The maximum absolute atomic E-state index is 1.62. The molecule has 5 fully saturated rings. The topological polar surface area (TPSA) is 0 Å². The molecule has 0 aliphatic heterocycles. The van der Waals surface area contributed by atoms with Gasteiger partial charge in [0.25, 0.3) is 0 Å². The van der Waals surface area contributed by atoms with Gasteiger partial charge in [0, 0.05) is 0 Å². The molecular weight excluding hydrogens is 144 g/mol. The molecule has 0 aromatic rings. The van der Waals surface area contributed by atoms with Crippen molar-refractivity contribution in [1.82, 2.24) is 0 Å². The average Bonchev–Trinajstić information content (AvgIpc) is 1.99. The molecule has 12 heavy (non-hydrogen) atoms. The Balaban J connectivity index is 1.53. The van der Waals surface area contributed by atoms with Crippen molar-refractivity contribution in [1.29, 1.82) is 0 Å². The fraction of sp³-hybridized carbons (Fsp3) is 1.00. The third kappa shape index (κ3) is 0.324. The van der Waals surface area contributed by atoms with E-state index in [1.54, 1.807) is 25.7 Å². The Bertz CT molecular complexity index is 205. The summed E-state index contributed by atoms with van der Waals surface area (Å²) in [5.41, 5.74) is 0. The lowest BCUT2D eigenvalue weighted by Gasteiger charge is -2.83.